The number of nitrogens with one attached hydrogen (secondary N) is 1. The molecule has 0 unspecified atom stereocenters. The Morgan fingerprint density at radius 3 is 2.56 bits per heavy atom. The first-order chi connectivity index (χ1) is 13.0. The first-order valence-corrected chi connectivity index (χ1v) is 8.77. The van der Waals surface area contributed by atoms with E-state index in [0.29, 0.717) is 36.6 Å². The van der Waals surface area contributed by atoms with Crippen LogP contribution in [0.25, 0.3) is 0 Å². The highest BCUT2D eigenvalue weighted by Gasteiger charge is 2.10. The maximum atomic E-state index is 11.9. The molecule has 0 saturated carbocycles. The minimum absolute atomic E-state index is 0.0644. The summed E-state index contributed by atoms with van der Waals surface area (Å²) in [5, 5.41) is 2.78. The molecule has 1 N–H and O–H groups in total. The molecule has 27 heavy (non-hydrogen) atoms. The lowest BCUT2D eigenvalue weighted by atomic mass is 10.1. The van der Waals surface area contributed by atoms with E-state index in [4.69, 9.17) is 14.2 Å². The number of methoxy groups -OCH3 is 1. The maximum absolute atomic E-state index is 11.9. The first-order valence-electron chi connectivity index (χ1n) is 8.77. The van der Waals surface area contributed by atoms with E-state index in [-0.39, 0.29) is 18.3 Å². The average Bonchev–Trinajstić information content (AvgIpc) is 2.65. The van der Waals surface area contributed by atoms with Gasteiger partial charge in [-0.2, -0.15) is 0 Å². The molecule has 0 aliphatic carbocycles. The van der Waals surface area contributed by atoms with E-state index in [1.807, 2.05) is 31.2 Å². The van der Waals surface area contributed by atoms with Crippen LogP contribution in [0.4, 0.5) is 0 Å². The Hall–Kier alpha value is -3.02. The standard InChI is InChI=1S/C21H25NO5/c1-15-6-4-7-18(12-15)26-11-5-10-22-21(24)14-27-19-9-8-17(16(2)23)13-20(19)25-3/h4,6-9,12-13H,5,10-11,14H2,1-3H3,(H,22,24). The molecule has 2 aromatic rings. The van der Waals surface area contributed by atoms with Crippen molar-refractivity contribution >= 4 is 11.7 Å². The molecule has 0 aliphatic heterocycles. The number of hydrogen-bond donors (Lipinski definition) is 1. The highest BCUT2D eigenvalue weighted by Crippen LogP contribution is 2.28. The number of Topliss-reactive ketones (excluding diaryl/α,β-unsaturated/α-hetero) is 1. The Kier molecular flexibility index (Phi) is 7.67. The van der Waals surface area contributed by atoms with Crippen molar-refractivity contribution in [3.63, 3.8) is 0 Å². The molecule has 0 heterocycles. The first kappa shape index (κ1) is 20.3. The molecule has 0 aliphatic rings. The van der Waals surface area contributed by atoms with Gasteiger partial charge in [0.05, 0.1) is 13.7 Å². The smallest absolute Gasteiger partial charge is 0.257 e. The van der Waals surface area contributed by atoms with Crippen LogP contribution in [0, 0.1) is 6.92 Å². The van der Waals surface area contributed by atoms with Crippen molar-refractivity contribution < 1.29 is 23.8 Å². The summed E-state index contributed by atoms with van der Waals surface area (Å²) in [4.78, 5) is 23.3. The molecule has 2 aromatic carbocycles. The van der Waals surface area contributed by atoms with Crippen molar-refractivity contribution in [1.82, 2.24) is 5.32 Å². The van der Waals surface area contributed by atoms with Gasteiger partial charge in [0, 0.05) is 12.1 Å². The average molecular weight is 371 g/mol. The van der Waals surface area contributed by atoms with Gasteiger partial charge >= 0.3 is 0 Å². The van der Waals surface area contributed by atoms with E-state index in [9.17, 15) is 9.59 Å². The zero-order valence-electron chi connectivity index (χ0n) is 15.9. The summed E-state index contributed by atoms with van der Waals surface area (Å²) in [5.41, 5.74) is 1.67. The SMILES string of the molecule is COc1cc(C(C)=O)ccc1OCC(=O)NCCCOc1cccc(C)c1. The van der Waals surface area contributed by atoms with Crippen LogP contribution in [0.1, 0.15) is 29.3 Å². The Balaban J connectivity index is 1.69. The van der Waals surface area contributed by atoms with Crippen LogP contribution in [-0.4, -0.2) is 38.6 Å². The van der Waals surface area contributed by atoms with Crippen molar-refractivity contribution in [3.05, 3.63) is 53.6 Å². The number of hydrogen-bond acceptors (Lipinski definition) is 5. The number of aryl methyl sites for hydroxylation is 1. The van der Waals surface area contributed by atoms with Crippen LogP contribution in [0.5, 0.6) is 17.2 Å². The third kappa shape index (κ3) is 6.66. The summed E-state index contributed by atoms with van der Waals surface area (Å²) in [6, 6.07) is 12.7. The van der Waals surface area contributed by atoms with Crippen LogP contribution < -0.4 is 19.5 Å². The van der Waals surface area contributed by atoms with Gasteiger partial charge in [0.25, 0.3) is 5.91 Å². The molecule has 0 saturated heterocycles. The fourth-order valence-electron chi connectivity index (χ4n) is 2.40. The number of benzene rings is 2. The maximum Gasteiger partial charge on any atom is 0.257 e. The van der Waals surface area contributed by atoms with Crippen molar-refractivity contribution in [2.45, 2.75) is 20.3 Å². The monoisotopic (exact) mass is 371 g/mol. The number of carbonyl (C=O) groups is 2. The van der Waals surface area contributed by atoms with Crippen LogP contribution in [-0.2, 0) is 4.79 Å². The predicted molar refractivity (Wildman–Crippen MR) is 103 cm³/mol. The van der Waals surface area contributed by atoms with Crippen LogP contribution in [0.15, 0.2) is 42.5 Å². The predicted octanol–water partition coefficient (Wildman–Crippen LogP) is 3.17. The minimum Gasteiger partial charge on any atom is -0.494 e. The number of carbonyl (C=O) groups excluding carboxylic acids is 2. The molecule has 0 spiro atoms. The largest absolute Gasteiger partial charge is 0.494 e. The molecule has 0 radical (unpaired) electrons. The van der Waals surface area contributed by atoms with Crippen LogP contribution >= 0.6 is 0 Å². The lowest BCUT2D eigenvalue weighted by Gasteiger charge is -2.12. The summed E-state index contributed by atoms with van der Waals surface area (Å²) in [6.45, 7) is 4.37. The lowest BCUT2D eigenvalue weighted by molar-refractivity contribution is -0.123. The van der Waals surface area contributed by atoms with Crippen molar-refractivity contribution in [2.24, 2.45) is 0 Å². The quantitative estimate of drug-likeness (QED) is 0.513. The minimum atomic E-state index is -0.233. The van der Waals surface area contributed by atoms with Gasteiger partial charge in [0.2, 0.25) is 0 Å². The van der Waals surface area contributed by atoms with Gasteiger partial charge in [-0.1, -0.05) is 12.1 Å². The van der Waals surface area contributed by atoms with Crippen molar-refractivity contribution in [2.75, 3.05) is 26.9 Å². The molecular weight excluding hydrogens is 346 g/mol. The third-order valence-corrected chi connectivity index (χ3v) is 3.83. The highest BCUT2D eigenvalue weighted by atomic mass is 16.5. The summed E-state index contributed by atoms with van der Waals surface area (Å²) in [5.74, 6) is 1.36. The second-order valence-electron chi connectivity index (χ2n) is 6.08. The van der Waals surface area contributed by atoms with E-state index >= 15 is 0 Å². The second-order valence-corrected chi connectivity index (χ2v) is 6.08. The normalized spacial score (nSPS) is 10.2. The molecule has 0 atom stereocenters. The van der Waals surface area contributed by atoms with Gasteiger partial charge < -0.3 is 19.5 Å². The fraction of sp³-hybridized carbons (Fsp3) is 0.333. The number of ketones is 1. The van der Waals surface area contributed by atoms with Gasteiger partial charge in [-0.25, -0.2) is 0 Å². The summed E-state index contributed by atoms with van der Waals surface area (Å²) in [6.07, 6.45) is 0.691. The van der Waals surface area contributed by atoms with Gasteiger partial charge in [0.15, 0.2) is 23.9 Å². The Morgan fingerprint density at radius 1 is 1.04 bits per heavy atom. The van der Waals surface area contributed by atoms with E-state index in [2.05, 4.69) is 5.32 Å². The number of rotatable bonds is 10. The summed E-state index contributed by atoms with van der Waals surface area (Å²) >= 11 is 0. The third-order valence-electron chi connectivity index (χ3n) is 3.83. The topological polar surface area (TPSA) is 73.9 Å². The van der Waals surface area contributed by atoms with Gasteiger partial charge in [-0.15, -0.1) is 0 Å². The van der Waals surface area contributed by atoms with Crippen LogP contribution in [0.3, 0.4) is 0 Å². The Labute approximate surface area is 159 Å². The molecule has 0 aromatic heterocycles. The molecule has 144 valence electrons. The van der Waals surface area contributed by atoms with E-state index in [0.717, 1.165) is 11.3 Å². The van der Waals surface area contributed by atoms with Crippen LogP contribution in [0.2, 0.25) is 0 Å². The second kappa shape index (κ2) is 10.2. The molecule has 2 rings (SSSR count). The number of ether oxygens (including phenoxy) is 3. The van der Waals surface area contributed by atoms with E-state index in [1.165, 1.54) is 14.0 Å². The lowest BCUT2D eigenvalue weighted by Crippen LogP contribution is -2.30. The Morgan fingerprint density at radius 2 is 1.85 bits per heavy atom. The van der Waals surface area contributed by atoms with Crippen molar-refractivity contribution in [1.29, 1.82) is 0 Å². The fourth-order valence-corrected chi connectivity index (χ4v) is 2.40. The zero-order valence-corrected chi connectivity index (χ0v) is 15.9. The molecular formula is C21H25NO5. The summed E-state index contributed by atoms with van der Waals surface area (Å²) in [7, 11) is 1.49. The number of amides is 1. The molecule has 6 heteroatoms. The van der Waals surface area contributed by atoms with Gasteiger partial charge in [-0.3, -0.25) is 9.59 Å². The van der Waals surface area contributed by atoms with E-state index < -0.39 is 0 Å². The zero-order chi connectivity index (χ0) is 19.6. The highest BCUT2D eigenvalue weighted by molar-refractivity contribution is 5.94. The molecule has 0 bridgehead atoms. The summed E-state index contributed by atoms with van der Waals surface area (Å²) < 4.78 is 16.3. The Bertz CT molecular complexity index is 788. The molecule has 6 nitrogen and oxygen atoms in total. The molecule has 1 amide bonds. The van der Waals surface area contributed by atoms with Crippen molar-refractivity contribution in [3.8, 4) is 17.2 Å². The van der Waals surface area contributed by atoms with Gasteiger partial charge in [0.1, 0.15) is 5.75 Å². The molecule has 0 fully saturated rings. The van der Waals surface area contributed by atoms with Gasteiger partial charge in [-0.05, 0) is 56.2 Å². The van der Waals surface area contributed by atoms with E-state index in [1.54, 1.807) is 18.2 Å².